The smallest absolute Gasteiger partial charge is 0.341 e. The number of aromatic carboxylic acids is 1. The van der Waals surface area contributed by atoms with Crippen molar-refractivity contribution in [3.8, 4) is 0 Å². The summed E-state index contributed by atoms with van der Waals surface area (Å²) < 4.78 is 16.9. The van der Waals surface area contributed by atoms with Gasteiger partial charge in [0.1, 0.15) is 5.56 Å². The number of carboxylic acid groups (broad SMARTS) is 1. The molecule has 1 saturated heterocycles. The van der Waals surface area contributed by atoms with Crippen LogP contribution in [-0.4, -0.2) is 28.7 Å². The van der Waals surface area contributed by atoms with Crippen molar-refractivity contribution in [3.63, 3.8) is 0 Å². The van der Waals surface area contributed by atoms with E-state index in [2.05, 4.69) is 0 Å². The lowest BCUT2D eigenvalue weighted by Crippen LogP contribution is -2.31. The Morgan fingerprint density at radius 2 is 2.00 bits per heavy atom. The molecular formula is C18H20FN3O3. The highest BCUT2D eigenvalue weighted by Gasteiger charge is 2.33. The Labute approximate surface area is 143 Å². The van der Waals surface area contributed by atoms with Gasteiger partial charge >= 0.3 is 5.97 Å². The lowest BCUT2D eigenvalue weighted by Gasteiger charge is -2.31. The number of carbonyl (C=O) groups is 1. The van der Waals surface area contributed by atoms with Crippen LogP contribution < -0.4 is 16.1 Å². The number of anilines is 2. The SMILES string of the molecule is CC1Cc2c(N3CCCCC3)c(F)c(N)c3c(=O)c(C(=O)O)cn1c23. The van der Waals surface area contributed by atoms with Crippen LogP contribution in [0.4, 0.5) is 15.8 Å². The molecule has 1 unspecified atom stereocenters. The summed E-state index contributed by atoms with van der Waals surface area (Å²) in [6.45, 7) is 3.46. The van der Waals surface area contributed by atoms with E-state index >= 15 is 4.39 Å². The molecular weight excluding hydrogens is 325 g/mol. The summed E-state index contributed by atoms with van der Waals surface area (Å²) in [5.41, 5.74) is 6.52. The first-order chi connectivity index (χ1) is 11.9. The second kappa shape index (κ2) is 5.47. The van der Waals surface area contributed by atoms with Gasteiger partial charge in [0.15, 0.2) is 5.82 Å². The molecule has 0 aliphatic carbocycles. The number of nitrogens with zero attached hydrogens (tertiary/aromatic N) is 2. The van der Waals surface area contributed by atoms with Gasteiger partial charge in [0.2, 0.25) is 5.43 Å². The maximum Gasteiger partial charge on any atom is 0.341 e. The van der Waals surface area contributed by atoms with Gasteiger partial charge in [-0.15, -0.1) is 0 Å². The van der Waals surface area contributed by atoms with E-state index < -0.39 is 17.2 Å². The van der Waals surface area contributed by atoms with E-state index in [0.717, 1.165) is 37.9 Å². The summed E-state index contributed by atoms with van der Waals surface area (Å²) in [7, 11) is 0. The third-order valence-corrected chi connectivity index (χ3v) is 5.40. The molecule has 3 N–H and O–H groups in total. The van der Waals surface area contributed by atoms with Crippen LogP contribution in [-0.2, 0) is 6.42 Å². The highest BCUT2D eigenvalue weighted by Crippen LogP contribution is 2.43. The number of nitrogen functional groups attached to an aromatic ring is 1. The fourth-order valence-corrected chi connectivity index (χ4v) is 4.21. The number of aromatic nitrogens is 1. The maximum atomic E-state index is 15.2. The molecule has 0 spiro atoms. The van der Waals surface area contributed by atoms with Crippen molar-refractivity contribution in [1.82, 2.24) is 4.57 Å². The van der Waals surface area contributed by atoms with Crippen molar-refractivity contribution in [2.24, 2.45) is 0 Å². The van der Waals surface area contributed by atoms with Gasteiger partial charge in [-0.25, -0.2) is 9.18 Å². The molecule has 1 aromatic carbocycles. The Morgan fingerprint density at radius 3 is 2.64 bits per heavy atom. The first-order valence-corrected chi connectivity index (χ1v) is 8.58. The number of hydrogen-bond acceptors (Lipinski definition) is 4. The molecule has 2 aliphatic heterocycles. The van der Waals surface area contributed by atoms with Gasteiger partial charge < -0.3 is 20.3 Å². The number of piperidine rings is 1. The van der Waals surface area contributed by atoms with E-state index in [0.29, 0.717) is 17.6 Å². The quantitative estimate of drug-likeness (QED) is 0.817. The number of carboxylic acids is 1. The Hall–Kier alpha value is -2.57. The maximum absolute atomic E-state index is 15.2. The number of benzene rings is 1. The first-order valence-electron chi connectivity index (χ1n) is 8.58. The fourth-order valence-electron chi connectivity index (χ4n) is 4.21. The minimum Gasteiger partial charge on any atom is -0.477 e. The molecule has 1 atom stereocenters. The highest BCUT2D eigenvalue weighted by molar-refractivity contribution is 6.02. The molecule has 0 bridgehead atoms. The minimum absolute atomic E-state index is 0.00231. The van der Waals surface area contributed by atoms with Crippen molar-refractivity contribution in [3.05, 3.63) is 33.4 Å². The largest absolute Gasteiger partial charge is 0.477 e. The van der Waals surface area contributed by atoms with E-state index in [-0.39, 0.29) is 22.7 Å². The average Bonchev–Trinajstić information content (AvgIpc) is 2.90. The van der Waals surface area contributed by atoms with E-state index in [1.54, 1.807) is 4.57 Å². The summed E-state index contributed by atoms with van der Waals surface area (Å²) >= 11 is 0. The summed E-state index contributed by atoms with van der Waals surface area (Å²) in [6, 6.07) is -0.0547. The normalized spacial score (nSPS) is 19.6. The molecule has 3 heterocycles. The third kappa shape index (κ3) is 2.14. The van der Waals surface area contributed by atoms with Crippen molar-refractivity contribution in [2.75, 3.05) is 23.7 Å². The van der Waals surface area contributed by atoms with Crippen LogP contribution in [0.15, 0.2) is 11.0 Å². The van der Waals surface area contributed by atoms with Crippen molar-refractivity contribution >= 4 is 28.2 Å². The Balaban J connectivity index is 2.10. The first kappa shape index (κ1) is 15.9. The van der Waals surface area contributed by atoms with E-state index in [4.69, 9.17) is 5.73 Å². The van der Waals surface area contributed by atoms with Gasteiger partial charge in [0, 0.05) is 30.9 Å². The number of hydrogen-bond donors (Lipinski definition) is 2. The molecule has 0 saturated carbocycles. The molecule has 0 radical (unpaired) electrons. The third-order valence-electron chi connectivity index (χ3n) is 5.40. The van der Waals surface area contributed by atoms with Crippen molar-refractivity contribution in [1.29, 1.82) is 0 Å². The average molecular weight is 345 g/mol. The number of halogens is 1. The summed E-state index contributed by atoms with van der Waals surface area (Å²) in [4.78, 5) is 26.0. The molecule has 0 amide bonds. The summed E-state index contributed by atoms with van der Waals surface area (Å²) in [6.07, 6.45) is 5.04. The molecule has 6 nitrogen and oxygen atoms in total. The van der Waals surface area contributed by atoms with E-state index in [9.17, 15) is 14.7 Å². The molecule has 4 rings (SSSR count). The molecule has 2 aliphatic rings. The van der Waals surface area contributed by atoms with Crippen LogP contribution in [0.5, 0.6) is 0 Å². The van der Waals surface area contributed by atoms with Gasteiger partial charge in [-0.1, -0.05) is 0 Å². The number of pyridine rings is 1. The Bertz CT molecular complexity index is 961. The van der Waals surface area contributed by atoms with E-state index in [1.165, 1.54) is 6.20 Å². The molecule has 1 aromatic heterocycles. The van der Waals surface area contributed by atoms with Crippen LogP contribution in [0.1, 0.15) is 48.1 Å². The number of nitrogens with two attached hydrogens (primary N) is 1. The van der Waals surface area contributed by atoms with Crippen LogP contribution in [0.3, 0.4) is 0 Å². The van der Waals surface area contributed by atoms with E-state index in [1.807, 2.05) is 11.8 Å². The minimum atomic E-state index is -1.32. The molecule has 25 heavy (non-hydrogen) atoms. The zero-order valence-electron chi connectivity index (χ0n) is 14.0. The second-order valence-electron chi connectivity index (χ2n) is 6.96. The predicted octanol–water partition coefficient (Wildman–Crippen LogP) is 2.53. The fraction of sp³-hybridized carbons (Fsp3) is 0.444. The zero-order chi connectivity index (χ0) is 17.9. The number of rotatable bonds is 2. The Kier molecular flexibility index (Phi) is 3.49. The van der Waals surface area contributed by atoms with Crippen LogP contribution in [0.2, 0.25) is 0 Å². The Morgan fingerprint density at radius 1 is 1.32 bits per heavy atom. The lowest BCUT2D eigenvalue weighted by atomic mass is 9.99. The molecule has 7 heteroatoms. The van der Waals surface area contributed by atoms with Gasteiger partial charge in [-0.3, -0.25) is 4.79 Å². The molecule has 1 fully saturated rings. The topological polar surface area (TPSA) is 88.6 Å². The second-order valence-corrected chi connectivity index (χ2v) is 6.96. The van der Waals surface area contributed by atoms with Gasteiger partial charge in [-0.2, -0.15) is 0 Å². The highest BCUT2D eigenvalue weighted by atomic mass is 19.1. The monoisotopic (exact) mass is 345 g/mol. The lowest BCUT2D eigenvalue weighted by molar-refractivity contribution is 0.0695. The molecule has 132 valence electrons. The standard InChI is InChI=1S/C18H20FN3O3/c1-9-7-10-15-12(17(23)11(18(24)25)8-22(9)15)14(20)13(19)16(10)21-5-3-2-4-6-21/h8-9H,2-7,20H2,1H3,(H,24,25). The van der Waals surface area contributed by atoms with Crippen molar-refractivity contribution in [2.45, 2.75) is 38.6 Å². The van der Waals surface area contributed by atoms with Crippen LogP contribution in [0.25, 0.3) is 10.9 Å². The summed E-state index contributed by atoms with van der Waals surface area (Å²) in [5, 5.41) is 9.31. The zero-order valence-corrected chi connectivity index (χ0v) is 14.0. The summed E-state index contributed by atoms with van der Waals surface area (Å²) in [5.74, 6) is -1.92. The van der Waals surface area contributed by atoms with Crippen LogP contribution >= 0.6 is 0 Å². The van der Waals surface area contributed by atoms with Gasteiger partial charge in [0.05, 0.1) is 22.3 Å². The molecule has 2 aromatic rings. The predicted molar refractivity (Wildman–Crippen MR) is 94.0 cm³/mol. The van der Waals surface area contributed by atoms with Gasteiger partial charge in [-0.05, 0) is 32.6 Å². The van der Waals surface area contributed by atoms with Crippen LogP contribution in [0, 0.1) is 5.82 Å². The van der Waals surface area contributed by atoms with Gasteiger partial charge in [0.25, 0.3) is 0 Å². The van der Waals surface area contributed by atoms with Crippen molar-refractivity contribution < 1.29 is 14.3 Å².